The van der Waals surface area contributed by atoms with Crippen molar-refractivity contribution >= 4 is 21.4 Å². The van der Waals surface area contributed by atoms with Gasteiger partial charge in [-0.3, -0.25) is 0 Å². The molecule has 9 nitrogen and oxygen atoms in total. The highest BCUT2D eigenvalue weighted by atomic mass is 32.2. The highest BCUT2D eigenvalue weighted by Gasteiger charge is 2.31. The number of carbonyl (C=O) groups excluding carboxylic acids is 1. The van der Waals surface area contributed by atoms with Gasteiger partial charge in [-0.05, 0) is 54.4 Å². The Kier molecular flexibility index (Phi) is 5.13. The summed E-state index contributed by atoms with van der Waals surface area (Å²) >= 11 is 0. The first-order valence-corrected chi connectivity index (χ1v) is 12.4. The molecule has 10 heteroatoms. The monoisotopic (exact) mass is 445 g/mol. The van der Waals surface area contributed by atoms with E-state index in [-0.39, 0.29) is 16.7 Å². The molecule has 1 unspecified atom stereocenters. The zero-order valence-corrected chi connectivity index (χ0v) is 18.3. The molecule has 0 radical (unpaired) electrons. The third-order valence-electron chi connectivity index (χ3n) is 6.40. The molecular weight excluding hydrogens is 418 g/mol. The van der Waals surface area contributed by atoms with Crippen LogP contribution in [0.15, 0.2) is 17.2 Å². The Bertz CT molecular complexity index is 1140. The zero-order valence-electron chi connectivity index (χ0n) is 17.5. The number of amides is 2. The van der Waals surface area contributed by atoms with E-state index in [0.717, 1.165) is 37.8 Å². The second-order valence-electron chi connectivity index (χ2n) is 8.34. The van der Waals surface area contributed by atoms with Gasteiger partial charge >= 0.3 is 6.03 Å². The first-order chi connectivity index (χ1) is 15.0. The van der Waals surface area contributed by atoms with Crippen molar-refractivity contribution in [1.29, 1.82) is 4.78 Å². The molecule has 0 fully saturated rings. The van der Waals surface area contributed by atoms with Crippen LogP contribution in [0.5, 0.6) is 5.88 Å². The van der Waals surface area contributed by atoms with Crippen molar-refractivity contribution in [2.75, 3.05) is 31.5 Å². The molecule has 166 valence electrons. The molecule has 31 heavy (non-hydrogen) atoms. The minimum Gasteiger partial charge on any atom is -0.475 e. The molecular formula is C21H27N5O4S. The lowest BCUT2D eigenvalue weighted by atomic mass is 9.94. The van der Waals surface area contributed by atoms with Crippen molar-refractivity contribution in [2.45, 2.75) is 49.5 Å². The number of benzene rings is 1. The van der Waals surface area contributed by atoms with Crippen molar-refractivity contribution in [3.05, 3.63) is 34.5 Å². The number of aryl methyl sites for hydroxylation is 2. The third kappa shape index (κ3) is 3.57. The van der Waals surface area contributed by atoms with Gasteiger partial charge in [-0.25, -0.2) is 18.5 Å². The summed E-state index contributed by atoms with van der Waals surface area (Å²) in [7, 11) is -1.57. The standard InChI is InChI=1S/C21H27N5O4S/c1-29-11-15-6-5-14-9-13-3-2-4-16(13)19(18(14)15)25-21(27)23-12-31(22,28)17-10-24-26-7-8-30-20(17)26/h9-10,15,22H,2-8,11-12H2,1H3,(H2,23,25,27)/t15-,31?/m1/s1. The number of fused-ring (bicyclic) bond motifs is 3. The van der Waals surface area contributed by atoms with Gasteiger partial charge in [0.2, 0.25) is 5.88 Å². The molecule has 0 bridgehead atoms. The van der Waals surface area contributed by atoms with Gasteiger partial charge in [0.15, 0.2) is 0 Å². The molecule has 5 rings (SSSR count). The van der Waals surface area contributed by atoms with Crippen LogP contribution in [0, 0.1) is 4.78 Å². The Balaban J connectivity index is 1.35. The van der Waals surface area contributed by atoms with Gasteiger partial charge in [0.05, 0.1) is 29.1 Å². The molecule has 2 amide bonds. The predicted octanol–water partition coefficient (Wildman–Crippen LogP) is 2.63. The van der Waals surface area contributed by atoms with Crippen LogP contribution in [0.2, 0.25) is 0 Å². The molecule has 2 aromatic rings. The van der Waals surface area contributed by atoms with E-state index < -0.39 is 15.8 Å². The molecule has 1 aromatic heterocycles. The number of hydrogen-bond acceptors (Lipinski definition) is 6. The summed E-state index contributed by atoms with van der Waals surface area (Å²) in [6.07, 6.45) is 6.44. The zero-order chi connectivity index (χ0) is 21.6. The lowest BCUT2D eigenvalue weighted by molar-refractivity contribution is 0.179. The molecule has 0 spiro atoms. The van der Waals surface area contributed by atoms with Gasteiger partial charge in [0.1, 0.15) is 17.4 Å². The molecule has 0 saturated carbocycles. The molecule has 1 aromatic carbocycles. The number of rotatable bonds is 6. The molecule has 2 aliphatic carbocycles. The summed E-state index contributed by atoms with van der Waals surface area (Å²) in [4.78, 5) is 13.0. The summed E-state index contributed by atoms with van der Waals surface area (Å²) < 4.78 is 33.7. The van der Waals surface area contributed by atoms with Gasteiger partial charge < -0.3 is 20.1 Å². The van der Waals surface area contributed by atoms with Crippen molar-refractivity contribution in [3.8, 4) is 5.88 Å². The number of anilines is 1. The number of aromatic nitrogens is 2. The van der Waals surface area contributed by atoms with Crippen LogP contribution >= 0.6 is 0 Å². The van der Waals surface area contributed by atoms with Crippen LogP contribution in [0.3, 0.4) is 0 Å². The summed E-state index contributed by atoms with van der Waals surface area (Å²) in [5.74, 6) is 0.316. The summed E-state index contributed by atoms with van der Waals surface area (Å²) in [6, 6.07) is 1.85. The summed E-state index contributed by atoms with van der Waals surface area (Å²) in [6.45, 7) is 1.65. The molecule has 1 aliphatic heterocycles. The second-order valence-corrected chi connectivity index (χ2v) is 10.4. The SMILES string of the molecule is COC[C@H]1CCc2cc3c(c(NC(=O)NCS(=N)(=O)c4cnn5c4OCC5)c21)CCC3. The Morgan fingerprint density at radius 3 is 3.10 bits per heavy atom. The lowest BCUT2D eigenvalue weighted by Crippen LogP contribution is -2.33. The van der Waals surface area contributed by atoms with Crippen LogP contribution < -0.4 is 15.4 Å². The minimum atomic E-state index is -3.27. The van der Waals surface area contributed by atoms with Crippen molar-refractivity contribution in [1.82, 2.24) is 15.1 Å². The van der Waals surface area contributed by atoms with Crippen LogP contribution in [-0.2, 0) is 40.3 Å². The van der Waals surface area contributed by atoms with Gasteiger partial charge in [-0.15, -0.1) is 0 Å². The molecule has 3 aliphatic rings. The van der Waals surface area contributed by atoms with E-state index in [1.807, 2.05) is 0 Å². The maximum atomic E-state index is 13.0. The topological polar surface area (TPSA) is 118 Å². The largest absolute Gasteiger partial charge is 0.475 e. The molecule has 2 atom stereocenters. The highest BCUT2D eigenvalue weighted by Crippen LogP contribution is 2.44. The Hall–Kier alpha value is -2.59. The fourth-order valence-corrected chi connectivity index (χ4v) is 6.15. The predicted molar refractivity (Wildman–Crippen MR) is 115 cm³/mol. The number of methoxy groups -OCH3 is 1. The second kappa shape index (κ2) is 7.83. The van der Waals surface area contributed by atoms with Gasteiger partial charge in [0, 0.05) is 18.7 Å². The minimum absolute atomic E-state index is 0.229. The number of urea groups is 1. The highest BCUT2D eigenvalue weighted by molar-refractivity contribution is 7.92. The van der Waals surface area contributed by atoms with E-state index in [4.69, 9.17) is 14.3 Å². The smallest absolute Gasteiger partial charge is 0.320 e. The lowest BCUT2D eigenvalue weighted by Gasteiger charge is -2.20. The fraction of sp³-hybridized carbons (Fsp3) is 0.524. The van der Waals surface area contributed by atoms with Crippen LogP contribution in [0.4, 0.5) is 10.5 Å². The number of nitrogens with zero attached hydrogens (tertiary/aromatic N) is 2. The number of nitrogens with one attached hydrogen (secondary N) is 3. The van der Waals surface area contributed by atoms with E-state index in [0.29, 0.717) is 25.6 Å². The maximum Gasteiger partial charge on any atom is 0.320 e. The van der Waals surface area contributed by atoms with Crippen molar-refractivity contribution in [3.63, 3.8) is 0 Å². The number of hydrogen-bond donors (Lipinski definition) is 3. The van der Waals surface area contributed by atoms with Gasteiger partial charge in [-0.1, -0.05) is 6.07 Å². The van der Waals surface area contributed by atoms with Crippen molar-refractivity contribution in [2.24, 2.45) is 0 Å². The first kappa shape index (κ1) is 20.3. The van der Waals surface area contributed by atoms with E-state index >= 15 is 0 Å². The molecule has 0 saturated heterocycles. The van der Waals surface area contributed by atoms with Gasteiger partial charge in [-0.2, -0.15) is 5.10 Å². The van der Waals surface area contributed by atoms with Gasteiger partial charge in [0.25, 0.3) is 0 Å². The average Bonchev–Trinajstić information content (AvgIpc) is 3.50. The van der Waals surface area contributed by atoms with E-state index in [2.05, 4.69) is 21.8 Å². The van der Waals surface area contributed by atoms with Crippen LogP contribution in [0.25, 0.3) is 0 Å². The Morgan fingerprint density at radius 1 is 1.39 bits per heavy atom. The van der Waals surface area contributed by atoms with Crippen molar-refractivity contribution < 1.29 is 18.5 Å². The number of carbonyl (C=O) groups is 1. The maximum absolute atomic E-state index is 13.0. The van der Waals surface area contributed by atoms with Crippen LogP contribution in [-0.4, -0.2) is 46.2 Å². The Labute approximate surface area is 181 Å². The first-order valence-electron chi connectivity index (χ1n) is 10.6. The van der Waals surface area contributed by atoms with Crippen LogP contribution in [0.1, 0.15) is 41.0 Å². The summed E-state index contributed by atoms with van der Waals surface area (Å²) in [5, 5.41) is 9.79. The quantitative estimate of drug-likeness (QED) is 0.632. The fourth-order valence-electron chi connectivity index (χ4n) is 5.00. The van der Waals surface area contributed by atoms with E-state index in [9.17, 15) is 9.00 Å². The Morgan fingerprint density at radius 2 is 2.26 bits per heavy atom. The van der Waals surface area contributed by atoms with E-state index in [1.54, 1.807) is 11.8 Å². The van der Waals surface area contributed by atoms with E-state index in [1.165, 1.54) is 28.5 Å². The molecule has 2 heterocycles. The number of ether oxygens (including phenoxy) is 2. The summed E-state index contributed by atoms with van der Waals surface area (Å²) in [5.41, 5.74) is 5.85. The normalized spacial score (nSPS) is 20.5. The molecule has 3 N–H and O–H groups in total. The third-order valence-corrected chi connectivity index (χ3v) is 7.94. The average molecular weight is 446 g/mol.